The zero-order chi connectivity index (χ0) is 19.1. The number of nitrogens with zero attached hydrogens (tertiary/aromatic N) is 1. The van der Waals surface area contributed by atoms with Gasteiger partial charge in [0.2, 0.25) is 5.91 Å². The summed E-state index contributed by atoms with van der Waals surface area (Å²) >= 11 is 6.31. The van der Waals surface area contributed by atoms with Crippen LogP contribution in [0.5, 0.6) is 0 Å². The molecule has 1 aliphatic heterocycles. The van der Waals surface area contributed by atoms with E-state index < -0.39 is 0 Å². The van der Waals surface area contributed by atoms with E-state index in [-0.39, 0.29) is 12.0 Å². The molecular weight excluding hydrogens is 372 g/mol. The van der Waals surface area contributed by atoms with Crippen LogP contribution in [-0.2, 0) is 16.1 Å². The van der Waals surface area contributed by atoms with Crippen LogP contribution in [0.2, 0.25) is 5.02 Å². The SMILES string of the molecule is O=C(CC1CN(Cc2ccccc2Cl)CCO1)NC1C2CC3CC(C2)CC1C3. The molecule has 1 unspecified atom stereocenters. The molecule has 1 atom stereocenters. The third-order valence-corrected chi connectivity index (χ3v) is 7.91. The van der Waals surface area contributed by atoms with Crippen molar-refractivity contribution in [2.75, 3.05) is 19.7 Å². The second-order valence-electron chi connectivity index (χ2n) is 9.55. The molecule has 4 bridgehead atoms. The predicted octanol–water partition coefficient (Wildman–Crippen LogP) is 3.87. The number of hydrogen-bond acceptors (Lipinski definition) is 3. The summed E-state index contributed by atoms with van der Waals surface area (Å²) in [6.45, 7) is 3.18. The van der Waals surface area contributed by atoms with E-state index in [1.54, 1.807) is 0 Å². The Bertz CT molecular complexity index is 696. The van der Waals surface area contributed by atoms with Gasteiger partial charge in [-0.05, 0) is 67.4 Å². The fourth-order valence-corrected chi connectivity index (χ4v) is 6.72. The number of rotatable bonds is 5. The van der Waals surface area contributed by atoms with Gasteiger partial charge in [0.1, 0.15) is 0 Å². The molecule has 0 spiro atoms. The molecule has 4 aliphatic carbocycles. The monoisotopic (exact) mass is 402 g/mol. The van der Waals surface area contributed by atoms with E-state index in [0.29, 0.717) is 19.1 Å². The summed E-state index contributed by atoms with van der Waals surface area (Å²) in [6.07, 6.45) is 7.25. The lowest BCUT2D eigenvalue weighted by Gasteiger charge is -2.54. The smallest absolute Gasteiger partial charge is 0.222 e. The predicted molar refractivity (Wildman–Crippen MR) is 110 cm³/mol. The second kappa shape index (κ2) is 7.97. The molecule has 1 saturated heterocycles. The molecule has 4 nitrogen and oxygen atoms in total. The maximum absolute atomic E-state index is 12.8. The number of halogens is 1. The minimum absolute atomic E-state index is 0.0203. The third kappa shape index (κ3) is 3.96. The van der Waals surface area contributed by atoms with Gasteiger partial charge in [0.25, 0.3) is 0 Å². The highest BCUT2D eigenvalue weighted by Crippen LogP contribution is 2.53. The topological polar surface area (TPSA) is 41.6 Å². The Balaban J connectivity index is 1.14. The Labute approximate surface area is 173 Å². The molecule has 1 aromatic rings. The van der Waals surface area contributed by atoms with Crippen LogP contribution >= 0.6 is 11.6 Å². The lowest BCUT2D eigenvalue weighted by molar-refractivity contribution is -0.130. The molecule has 1 amide bonds. The molecule has 5 heteroatoms. The zero-order valence-corrected chi connectivity index (χ0v) is 17.2. The van der Waals surface area contributed by atoms with Crippen molar-refractivity contribution < 1.29 is 9.53 Å². The van der Waals surface area contributed by atoms with Crippen molar-refractivity contribution in [3.8, 4) is 0 Å². The molecule has 1 aromatic carbocycles. The van der Waals surface area contributed by atoms with Gasteiger partial charge in [-0.1, -0.05) is 29.8 Å². The first-order chi connectivity index (χ1) is 13.6. The normalized spacial score (nSPS) is 37.2. The summed E-state index contributed by atoms with van der Waals surface area (Å²) < 4.78 is 5.92. The number of hydrogen-bond donors (Lipinski definition) is 1. The summed E-state index contributed by atoms with van der Waals surface area (Å²) in [5.41, 5.74) is 1.14. The van der Waals surface area contributed by atoms with Crippen LogP contribution in [0.4, 0.5) is 0 Å². The van der Waals surface area contributed by atoms with Crippen molar-refractivity contribution in [1.29, 1.82) is 0 Å². The van der Waals surface area contributed by atoms with Crippen molar-refractivity contribution >= 4 is 17.5 Å². The first-order valence-electron chi connectivity index (χ1n) is 11.0. The van der Waals surface area contributed by atoms with Crippen LogP contribution in [-0.4, -0.2) is 42.6 Å². The minimum Gasteiger partial charge on any atom is -0.375 e. The van der Waals surface area contributed by atoms with Gasteiger partial charge in [0.05, 0.1) is 19.1 Å². The fraction of sp³-hybridized carbons (Fsp3) is 0.696. The molecule has 1 heterocycles. The average molecular weight is 403 g/mol. The quantitative estimate of drug-likeness (QED) is 0.812. The molecule has 5 fully saturated rings. The molecule has 152 valence electrons. The molecule has 28 heavy (non-hydrogen) atoms. The standard InChI is InChI=1S/C23H31ClN2O2/c24-21-4-2-1-3-17(21)13-26-5-6-28-20(14-26)12-22(27)25-23-18-8-15-7-16(10-18)11-19(23)9-15/h1-4,15-16,18-20,23H,5-14H2,(H,25,27). The molecule has 4 saturated carbocycles. The molecule has 0 aromatic heterocycles. The number of ether oxygens (including phenoxy) is 1. The summed E-state index contributed by atoms with van der Waals surface area (Å²) in [7, 11) is 0. The van der Waals surface area contributed by atoms with E-state index in [4.69, 9.17) is 16.3 Å². The summed E-state index contributed by atoms with van der Waals surface area (Å²) in [4.78, 5) is 15.1. The molecule has 1 N–H and O–H groups in total. The number of morpholine rings is 1. The van der Waals surface area contributed by atoms with Crippen molar-refractivity contribution in [3.63, 3.8) is 0 Å². The number of carbonyl (C=O) groups excluding carboxylic acids is 1. The van der Waals surface area contributed by atoms with Crippen LogP contribution in [0, 0.1) is 23.7 Å². The van der Waals surface area contributed by atoms with Gasteiger partial charge in [-0.25, -0.2) is 0 Å². The Morgan fingerprint density at radius 2 is 1.82 bits per heavy atom. The van der Waals surface area contributed by atoms with Crippen LogP contribution in [0.3, 0.4) is 0 Å². The molecule has 6 rings (SSSR count). The molecular formula is C23H31ClN2O2. The summed E-state index contributed by atoms with van der Waals surface area (Å²) in [5.74, 6) is 3.52. The van der Waals surface area contributed by atoms with E-state index in [9.17, 15) is 4.79 Å². The Morgan fingerprint density at radius 1 is 1.11 bits per heavy atom. The minimum atomic E-state index is -0.0203. The maximum atomic E-state index is 12.8. The van der Waals surface area contributed by atoms with Crippen molar-refractivity contribution in [3.05, 3.63) is 34.9 Å². The highest BCUT2D eigenvalue weighted by atomic mass is 35.5. The third-order valence-electron chi connectivity index (χ3n) is 7.54. The highest BCUT2D eigenvalue weighted by Gasteiger charge is 2.48. The Morgan fingerprint density at radius 3 is 2.54 bits per heavy atom. The lowest BCUT2D eigenvalue weighted by atomic mass is 9.54. The first kappa shape index (κ1) is 18.9. The lowest BCUT2D eigenvalue weighted by Crippen LogP contribution is -2.56. The van der Waals surface area contributed by atoms with Crippen LogP contribution in [0.1, 0.15) is 44.1 Å². The summed E-state index contributed by atoms with van der Waals surface area (Å²) in [6, 6.07) is 8.42. The molecule has 5 aliphatic rings. The van der Waals surface area contributed by atoms with Gasteiger partial charge in [0.15, 0.2) is 0 Å². The number of amides is 1. The molecule has 0 radical (unpaired) electrons. The van der Waals surface area contributed by atoms with E-state index in [0.717, 1.165) is 53.9 Å². The Hall–Kier alpha value is -1.10. The van der Waals surface area contributed by atoms with E-state index in [2.05, 4.69) is 16.3 Å². The average Bonchev–Trinajstić information content (AvgIpc) is 2.66. The summed E-state index contributed by atoms with van der Waals surface area (Å²) in [5, 5.41) is 4.23. The Kier molecular flexibility index (Phi) is 5.38. The van der Waals surface area contributed by atoms with Crippen LogP contribution < -0.4 is 5.32 Å². The van der Waals surface area contributed by atoms with Gasteiger partial charge in [0, 0.05) is 30.7 Å². The maximum Gasteiger partial charge on any atom is 0.222 e. The number of nitrogens with one attached hydrogen (secondary N) is 1. The van der Waals surface area contributed by atoms with Crippen molar-refractivity contribution in [2.45, 2.75) is 57.2 Å². The first-order valence-corrected chi connectivity index (χ1v) is 11.4. The van der Waals surface area contributed by atoms with Gasteiger partial charge in [-0.15, -0.1) is 0 Å². The number of benzene rings is 1. The van der Waals surface area contributed by atoms with Crippen molar-refractivity contribution in [2.24, 2.45) is 23.7 Å². The van der Waals surface area contributed by atoms with Crippen LogP contribution in [0.15, 0.2) is 24.3 Å². The van der Waals surface area contributed by atoms with Gasteiger partial charge in [-0.3, -0.25) is 9.69 Å². The highest BCUT2D eigenvalue weighted by molar-refractivity contribution is 6.31. The van der Waals surface area contributed by atoms with E-state index in [1.807, 2.05) is 18.2 Å². The van der Waals surface area contributed by atoms with E-state index in [1.165, 1.54) is 32.1 Å². The van der Waals surface area contributed by atoms with Crippen molar-refractivity contribution in [1.82, 2.24) is 10.2 Å². The second-order valence-corrected chi connectivity index (χ2v) is 9.95. The van der Waals surface area contributed by atoms with Gasteiger partial charge in [-0.2, -0.15) is 0 Å². The largest absolute Gasteiger partial charge is 0.375 e. The zero-order valence-electron chi connectivity index (χ0n) is 16.5. The number of carbonyl (C=O) groups is 1. The van der Waals surface area contributed by atoms with E-state index >= 15 is 0 Å². The van der Waals surface area contributed by atoms with Crippen LogP contribution in [0.25, 0.3) is 0 Å². The fourth-order valence-electron chi connectivity index (χ4n) is 6.53. The van der Waals surface area contributed by atoms with Gasteiger partial charge >= 0.3 is 0 Å². The van der Waals surface area contributed by atoms with Gasteiger partial charge < -0.3 is 10.1 Å².